The van der Waals surface area contributed by atoms with E-state index in [4.69, 9.17) is 9.52 Å². The van der Waals surface area contributed by atoms with Gasteiger partial charge in [-0.25, -0.2) is 4.98 Å². The fraction of sp³-hybridized carbons (Fsp3) is 0.125. The normalized spacial score (nSPS) is 12.4. The van der Waals surface area contributed by atoms with E-state index in [2.05, 4.69) is 29.2 Å². The summed E-state index contributed by atoms with van der Waals surface area (Å²) in [6, 6.07) is 22.7. The predicted octanol–water partition coefficient (Wildman–Crippen LogP) is 5.11. The summed E-state index contributed by atoms with van der Waals surface area (Å²) >= 11 is 0. The molecule has 1 aliphatic heterocycles. The van der Waals surface area contributed by atoms with Crippen LogP contribution in [-0.2, 0) is 24.9 Å². The van der Waals surface area contributed by atoms with Crippen LogP contribution < -0.4 is 4.58 Å². The first-order valence-electron chi connectivity index (χ1n) is 9.40. The first kappa shape index (κ1) is 22.3. The topological polar surface area (TPSA) is 69.3 Å². The van der Waals surface area contributed by atoms with E-state index in [1.165, 1.54) is 19.9 Å². The summed E-state index contributed by atoms with van der Waals surface area (Å²) in [5, 5.41) is 10.4. The Bertz CT molecular complexity index is 1390. The number of carbonyl (C=O) groups is 1. The Labute approximate surface area is 192 Å². The Hall–Kier alpha value is -3.37. The van der Waals surface area contributed by atoms with E-state index in [9.17, 15) is 4.79 Å². The maximum absolute atomic E-state index is 10.0. The molecule has 0 amide bonds. The van der Waals surface area contributed by atoms with Crippen LogP contribution in [0.1, 0.15) is 13.8 Å². The third-order valence-electron chi connectivity index (χ3n) is 4.55. The molecule has 0 fully saturated rings. The molecule has 0 saturated carbocycles. The van der Waals surface area contributed by atoms with Crippen LogP contribution in [0, 0.1) is 6.07 Å². The molecule has 3 heterocycles. The van der Waals surface area contributed by atoms with Gasteiger partial charge in [-0.3, -0.25) is 4.79 Å². The molecule has 31 heavy (non-hydrogen) atoms. The fourth-order valence-electron chi connectivity index (χ4n) is 3.34. The maximum atomic E-state index is 10.0. The number of allylic oxidation sites excluding steroid dienone is 2. The Kier molecular flexibility index (Phi) is 6.62. The molecule has 2 aromatic heterocycles. The molecule has 1 aliphatic rings. The molecule has 157 valence electrons. The van der Waals surface area contributed by atoms with E-state index in [0.29, 0.717) is 5.71 Å². The minimum Gasteiger partial charge on any atom is -0.512 e. The minimum absolute atomic E-state index is 0. The van der Waals surface area contributed by atoms with Crippen molar-refractivity contribution in [1.82, 2.24) is 9.56 Å². The molecule has 0 aliphatic carbocycles. The number of aliphatic hydroxyl groups excluding tert-OH is 1. The standard InChI is InChI=1S/C19H12N3O.C5H8O2.Ir/c1-21-12-22(17-7-3-2-6-16(17)21)13-8-9-14-15-5-4-10-20-19(15)23-18(14)11-13;1-4(6)3-5(2)7;/h2-7,9-11H,1H3;3,6H,1-2H3;/q+1;;/b;4-3-;. The molecule has 0 bridgehead atoms. The minimum atomic E-state index is -0.125. The summed E-state index contributed by atoms with van der Waals surface area (Å²) in [5.74, 6) is -0.0625. The Morgan fingerprint density at radius 1 is 1.16 bits per heavy atom. The SMILES string of the molecule is CC(=O)/C=C(/C)O.C[N+]1=C=[N+](c2[c-]cc3c(c2)oc2ncccc23)c2ccccc21.[Ir]. The second kappa shape index (κ2) is 9.19. The zero-order valence-corrected chi connectivity index (χ0v) is 19.6. The average Bonchev–Trinajstić information content (AvgIpc) is 3.25. The van der Waals surface area contributed by atoms with Gasteiger partial charge in [0.1, 0.15) is 5.69 Å². The zero-order valence-electron chi connectivity index (χ0n) is 17.2. The number of aliphatic hydroxyl groups is 1. The number of hydrogen-bond acceptors (Lipinski definition) is 4. The third-order valence-corrected chi connectivity index (χ3v) is 4.55. The average molecular weight is 591 g/mol. The smallest absolute Gasteiger partial charge is 0.494 e. The number of fused-ring (bicyclic) bond motifs is 4. The van der Waals surface area contributed by atoms with Gasteiger partial charge in [-0.2, -0.15) is 6.07 Å². The fourth-order valence-corrected chi connectivity index (χ4v) is 3.34. The van der Waals surface area contributed by atoms with Crippen molar-refractivity contribution in [3.63, 3.8) is 0 Å². The van der Waals surface area contributed by atoms with Crippen molar-refractivity contribution in [3.8, 4) is 0 Å². The number of furan rings is 1. The molecule has 5 rings (SSSR count). The zero-order chi connectivity index (χ0) is 21.3. The van der Waals surface area contributed by atoms with Crippen LogP contribution in [0.15, 0.2) is 71.0 Å². The molecule has 1 N–H and O–H groups in total. The summed E-state index contributed by atoms with van der Waals surface area (Å²) in [6.45, 7) is 2.85. The van der Waals surface area contributed by atoms with E-state index in [1.807, 2.05) is 52.6 Å². The van der Waals surface area contributed by atoms with Gasteiger partial charge in [0.25, 0.3) is 11.4 Å². The van der Waals surface area contributed by atoms with Crippen molar-refractivity contribution in [2.45, 2.75) is 13.8 Å². The molecule has 6 nitrogen and oxygen atoms in total. The molecule has 7 heteroatoms. The van der Waals surface area contributed by atoms with Crippen molar-refractivity contribution in [2.24, 2.45) is 0 Å². The van der Waals surface area contributed by atoms with Gasteiger partial charge in [-0.1, -0.05) is 38.8 Å². The van der Waals surface area contributed by atoms with Crippen LogP contribution in [0.3, 0.4) is 0 Å². The summed E-state index contributed by atoms with van der Waals surface area (Å²) < 4.78 is 9.84. The Morgan fingerprint density at radius 2 is 1.90 bits per heavy atom. The van der Waals surface area contributed by atoms with Crippen molar-refractivity contribution in [2.75, 3.05) is 7.05 Å². The molecule has 2 aromatic carbocycles. The van der Waals surface area contributed by atoms with Gasteiger partial charge in [0.05, 0.1) is 5.76 Å². The first-order chi connectivity index (χ1) is 14.4. The molecule has 0 saturated heterocycles. The Balaban J connectivity index is 0.000000299. The van der Waals surface area contributed by atoms with Gasteiger partial charge in [0.15, 0.2) is 12.8 Å². The molecule has 0 atom stereocenters. The van der Waals surface area contributed by atoms with E-state index in [0.717, 1.165) is 33.4 Å². The molecule has 0 spiro atoms. The van der Waals surface area contributed by atoms with Crippen LogP contribution in [-0.4, -0.2) is 33.5 Å². The van der Waals surface area contributed by atoms with Gasteiger partial charge in [-0.05, 0) is 25.3 Å². The molecular weight excluding hydrogens is 570 g/mol. The van der Waals surface area contributed by atoms with Gasteiger partial charge >= 0.3 is 6.01 Å². The summed E-state index contributed by atoms with van der Waals surface area (Å²) in [6.07, 6.45) is 2.91. The summed E-state index contributed by atoms with van der Waals surface area (Å²) in [4.78, 5) is 14.3. The quantitative estimate of drug-likeness (QED) is 0.153. The Morgan fingerprint density at radius 3 is 2.58 bits per heavy atom. The monoisotopic (exact) mass is 591 g/mol. The van der Waals surface area contributed by atoms with Gasteiger partial charge in [0.2, 0.25) is 5.71 Å². The van der Waals surface area contributed by atoms with Crippen molar-refractivity contribution in [1.29, 1.82) is 0 Å². The van der Waals surface area contributed by atoms with Crippen LogP contribution >= 0.6 is 0 Å². The number of nitrogens with zero attached hydrogens (tertiary/aromatic N) is 3. The molecule has 1 radical (unpaired) electrons. The first-order valence-corrected chi connectivity index (χ1v) is 9.40. The summed E-state index contributed by atoms with van der Waals surface area (Å²) in [7, 11) is 1.99. The largest absolute Gasteiger partial charge is 0.512 e. The molecule has 4 aromatic rings. The second-order valence-corrected chi connectivity index (χ2v) is 6.93. The number of benzene rings is 2. The predicted molar refractivity (Wildman–Crippen MR) is 116 cm³/mol. The van der Waals surface area contributed by atoms with Crippen molar-refractivity contribution < 1.29 is 39.0 Å². The number of aromatic nitrogens is 1. The van der Waals surface area contributed by atoms with Gasteiger partial charge in [0, 0.05) is 50.1 Å². The number of carbonyl (C=O) groups excluding carboxylic acids is 1. The van der Waals surface area contributed by atoms with Gasteiger partial charge in [-0.15, -0.1) is 6.07 Å². The number of hydrogen-bond donors (Lipinski definition) is 1. The van der Waals surface area contributed by atoms with E-state index < -0.39 is 0 Å². The van der Waals surface area contributed by atoms with Crippen LogP contribution in [0.5, 0.6) is 0 Å². The number of pyridine rings is 1. The van der Waals surface area contributed by atoms with Gasteiger partial charge < -0.3 is 9.52 Å². The number of ketones is 1. The second-order valence-electron chi connectivity index (χ2n) is 6.93. The number of rotatable bonds is 2. The maximum Gasteiger partial charge on any atom is 0.494 e. The van der Waals surface area contributed by atoms with Crippen molar-refractivity contribution in [3.05, 3.63) is 72.6 Å². The third kappa shape index (κ3) is 4.54. The van der Waals surface area contributed by atoms with E-state index in [1.54, 1.807) is 6.20 Å². The number of para-hydroxylation sites is 2. The molecule has 0 unspecified atom stereocenters. The van der Waals surface area contributed by atoms with Crippen molar-refractivity contribution >= 4 is 50.9 Å². The van der Waals surface area contributed by atoms with Crippen LogP contribution in [0.4, 0.5) is 17.1 Å². The van der Waals surface area contributed by atoms with Crippen LogP contribution in [0.25, 0.3) is 22.1 Å². The van der Waals surface area contributed by atoms with E-state index >= 15 is 0 Å². The van der Waals surface area contributed by atoms with Crippen LogP contribution in [0.2, 0.25) is 0 Å². The molecular formula is C24H20IrN3O3+. The van der Waals surface area contributed by atoms with E-state index in [-0.39, 0.29) is 31.6 Å². The summed E-state index contributed by atoms with van der Waals surface area (Å²) in [5.41, 5.74) is 4.56.